The summed E-state index contributed by atoms with van der Waals surface area (Å²) in [6.07, 6.45) is 7.06. The van der Waals surface area contributed by atoms with Crippen molar-refractivity contribution in [3.63, 3.8) is 0 Å². The quantitative estimate of drug-likeness (QED) is 0.303. The van der Waals surface area contributed by atoms with E-state index in [1.807, 2.05) is 24.3 Å². The lowest BCUT2D eigenvalue weighted by atomic mass is 9.79. The first-order valence-electron chi connectivity index (χ1n) is 13.5. The van der Waals surface area contributed by atoms with Crippen molar-refractivity contribution in [2.75, 3.05) is 26.7 Å². The third-order valence-electron chi connectivity index (χ3n) is 8.00. The smallest absolute Gasteiger partial charge is 0.303 e. The van der Waals surface area contributed by atoms with Gasteiger partial charge in [-0.05, 0) is 111 Å². The molecule has 1 aliphatic heterocycles. The van der Waals surface area contributed by atoms with Crippen LogP contribution in [0.25, 0.3) is 10.9 Å². The molecule has 2 aromatic carbocycles. The Morgan fingerprint density at radius 3 is 2.78 bits per heavy atom. The van der Waals surface area contributed by atoms with Gasteiger partial charge in [0.1, 0.15) is 5.75 Å². The molecule has 0 radical (unpaired) electrons. The highest BCUT2D eigenvalue weighted by Crippen LogP contribution is 2.35. The number of likely N-dealkylation sites (tertiary alicyclic amines) is 1. The molecule has 1 saturated heterocycles. The Hall–Kier alpha value is -2.96. The predicted octanol–water partition coefficient (Wildman–Crippen LogP) is 5.80. The fourth-order valence-electron chi connectivity index (χ4n) is 5.83. The number of aliphatic hydroxyl groups is 1. The van der Waals surface area contributed by atoms with Gasteiger partial charge in [-0.2, -0.15) is 0 Å². The predicted molar refractivity (Wildman–Crippen MR) is 147 cm³/mol. The lowest BCUT2D eigenvalue weighted by Gasteiger charge is -2.38. The van der Waals surface area contributed by atoms with Crippen LogP contribution in [0.4, 0.5) is 0 Å². The number of carbonyl (C=O) groups is 1. The SMILES string of the molecule is COc1ccc2nccc(C(O)CC[C@@H]3CCN(CCCCc4ccccc4C)C[C@@H]3CC(=O)O)c2c1. The van der Waals surface area contributed by atoms with E-state index >= 15 is 0 Å². The summed E-state index contributed by atoms with van der Waals surface area (Å²) in [7, 11) is 1.63. The van der Waals surface area contributed by atoms with Crippen molar-refractivity contribution in [1.82, 2.24) is 9.88 Å². The zero-order valence-electron chi connectivity index (χ0n) is 22.1. The van der Waals surface area contributed by atoms with Crippen LogP contribution in [0.15, 0.2) is 54.7 Å². The number of piperidine rings is 1. The highest BCUT2D eigenvalue weighted by molar-refractivity contribution is 5.83. The van der Waals surface area contributed by atoms with Gasteiger partial charge in [0.25, 0.3) is 0 Å². The van der Waals surface area contributed by atoms with E-state index in [0.717, 1.165) is 74.0 Å². The summed E-state index contributed by atoms with van der Waals surface area (Å²) in [4.78, 5) is 18.5. The fraction of sp³-hybridized carbons (Fsp3) is 0.484. The Morgan fingerprint density at radius 2 is 2.00 bits per heavy atom. The van der Waals surface area contributed by atoms with Crippen molar-refractivity contribution < 1.29 is 19.7 Å². The molecule has 4 rings (SSSR count). The molecule has 2 heterocycles. The Kier molecular flexibility index (Phi) is 9.53. The molecule has 6 heteroatoms. The molecule has 1 aromatic heterocycles. The zero-order valence-corrected chi connectivity index (χ0v) is 22.1. The Bertz CT molecular complexity index is 1180. The Balaban J connectivity index is 1.31. The van der Waals surface area contributed by atoms with E-state index in [0.29, 0.717) is 12.3 Å². The third kappa shape index (κ3) is 7.30. The molecule has 2 N–H and O–H groups in total. The molecule has 0 spiro atoms. The lowest BCUT2D eigenvalue weighted by Crippen LogP contribution is -2.41. The van der Waals surface area contributed by atoms with Gasteiger partial charge >= 0.3 is 5.97 Å². The molecule has 0 aliphatic carbocycles. The number of hydrogen-bond donors (Lipinski definition) is 2. The minimum Gasteiger partial charge on any atom is -0.497 e. The number of hydrogen-bond acceptors (Lipinski definition) is 5. The van der Waals surface area contributed by atoms with Crippen LogP contribution < -0.4 is 4.74 Å². The Labute approximate surface area is 220 Å². The van der Waals surface area contributed by atoms with Crippen molar-refractivity contribution in [2.24, 2.45) is 11.8 Å². The number of pyridine rings is 1. The number of rotatable bonds is 12. The number of aryl methyl sites for hydroxylation is 2. The normalized spacial score (nSPS) is 19.1. The van der Waals surface area contributed by atoms with Crippen LogP contribution in [0.5, 0.6) is 5.75 Å². The second kappa shape index (κ2) is 13.0. The van der Waals surface area contributed by atoms with Crippen LogP contribution in [0.1, 0.15) is 61.3 Å². The second-order valence-corrected chi connectivity index (χ2v) is 10.5. The van der Waals surface area contributed by atoms with Gasteiger partial charge in [0, 0.05) is 24.5 Å². The van der Waals surface area contributed by atoms with Gasteiger partial charge in [-0.15, -0.1) is 0 Å². The largest absolute Gasteiger partial charge is 0.497 e. The first-order chi connectivity index (χ1) is 17.9. The lowest BCUT2D eigenvalue weighted by molar-refractivity contribution is -0.139. The van der Waals surface area contributed by atoms with Crippen molar-refractivity contribution in [3.05, 3.63) is 71.4 Å². The topological polar surface area (TPSA) is 82.9 Å². The molecule has 37 heavy (non-hydrogen) atoms. The average molecular weight is 505 g/mol. The molecular weight excluding hydrogens is 464 g/mol. The van der Waals surface area contributed by atoms with Crippen molar-refractivity contribution >= 4 is 16.9 Å². The summed E-state index contributed by atoms with van der Waals surface area (Å²) < 4.78 is 5.37. The molecule has 1 aliphatic rings. The molecule has 0 bridgehead atoms. The maximum absolute atomic E-state index is 11.6. The van der Waals surface area contributed by atoms with Crippen LogP contribution in [-0.4, -0.2) is 52.8 Å². The number of methoxy groups -OCH3 is 1. The number of nitrogens with zero attached hydrogens (tertiary/aromatic N) is 2. The van der Waals surface area contributed by atoms with Gasteiger partial charge in [0.15, 0.2) is 0 Å². The van der Waals surface area contributed by atoms with E-state index in [2.05, 4.69) is 41.1 Å². The third-order valence-corrected chi connectivity index (χ3v) is 8.00. The highest BCUT2D eigenvalue weighted by Gasteiger charge is 2.31. The first kappa shape index (κ1) is 27.1. The summed E-state index contributed by atoms with van der Waals surface area (Å²) in [6.45, 7) is 5.01. The van der Waals surface area contributed by atoms with Crippen LogP contribution in [0.2, 0.25) is 0 Å². The second-order valence-electron chi connectivity index (χ2n) is 10.5. The summed E-state index contributed by atoms with van der Waals surface area (Å²) in [6, 6.07) is 16.1. The average Bonchev–Trinajstić information content (AvgIpc) is 2.90. The van der Waals surface area contributed by atoms with Crippen molar-refractivity contribution in [1.29, 1.82) is 0 Å². The number of aliphatic carboxylic acids is 1. The number of benzene rings is 2. The molecular formula is C31H40N2O4. The summed E-state index contributed by atoms with van der Waals surface area (Å²) >= 11 is 0. The number of fused-ring (bicyclic) bond motifs is 1. The van der Waals surface area contributed by atoms with Gasteiger partial charge in [0.2, 0.25) is 0 Å². The van der Waals surface area contributed by atoms with E-state index in [1.54, 1.807) is 13.3 Å². The number of carboxylic acids is 1. The number of aromatic nitrogens is 1. The minimum absolute atomic E-state index is 0.115. The summed E-state index contributed by atoms with van der Waals surface area (Å²) in [5, 5.41) is 21.6. The number of ether oxygens (including phenoxy) is 1. The monoisotopic (exact) mass is 504 g/mol. The molecule has 3 atom stereocenters. The van der Waals surface area contributed by atoms with Gasteiger partial charge in [-0.1, -0.05) is 24.3 Å². The number of unbranched alkanes of at least 4 members (excludes halogenated alkanes) is 1. The van der Waals surface area contributed by atoms with Crippen LogP contribution >= 0.6 is 0 Å². The maximum Gasteiger partial charge on any atom is 0.303 e. The Morgan fingerprint density at radius 1 is 1.16 bits per heavy atom. The minimum atomic E-state index is -0.732. The van der Waals surface area contributed by atoms with E-state index < -0.39 is 12.1 Å². The van der Waals surface area contributed by atoms with Gasteiger partial charge in [-0.3, -0.25) is 9.78 Å². The molecule has 3 aromatic rings. The molecule has 6 nitrogen and oxygen atoms in total. The highest BCUT2D eigenvalue weighted by atomic mass is 16.5. The number of aliphatic hydroxyl groups excluding tert-OH is 1. The van der Waals surface area contributed by atoms with E-state index in [1.165, 1.54) is 11.1 Å². The van der Waals surface area contributed by atoms with Crippen LogP contribution in [-0.2, 0) is 11.2 Å². The van der Waals surface area contributed by atoms with Crippen LogP contribution in [0.3, 0.4) is 0 Å². The molecule has 1 fully saturated rings. The van der Waals surface area contributed by atoms with Gasteiger partial charge in [-0.25, -0.2) is 0 Å². The van der Waals surface area contributed by atoms with Crippen molar-refractivity contribution in [3.8, 4) is 5.75 Å². The maximum atomic E-state index is 11.6. The van der Waals surface area contributed by atoms with E-state index in [4.69, 9.17) is 4.74 Å². The van der Waals surface area contributed by atoms with Crippen molar-refractivity contribution in [2.45, 2.75) is 58.0 Å². The van der Waals surface area contributed by atoms with Gasteiger partial charge in [0.05, 0.1) is 18.7 Å². The standard InChI is InChI=1S/C31H40N2O4/c1-22-7-3-4-8-23(22)9-5-6-17-33-18-15-24(25(21-33)19-31(35)36)10-13-30(34)27-14-16-32-29-12-11-26(37-2)20-28(27)29/h3-4,7-8,11-12,14,16,20,24-25,30,34H,5-6,9-10,13,15,17-19,21H2,1-2H3,(H,35,36)/t24-,25+,30?/m1/s1. The first-order valence-corrected chi connectivity index (χ1v) is 13.5. The number of carboxylic acid groups (broad SMARTS) is 1. The summed E-state index contributed by atoms with van der Waals surface area (Å²) in [5.74, 6) is 0.423. The van der Waals surface area contributed by atoms with E-state index in [9.17, 15) is 15.0 Å². The molecule has 0 saturated carbocycles. The molecule has 1 unspecified atom stereocenters. The zero-order chi connectivity index (χ0) is 26.2. The fourth-order valence-corrected chi connectivity index (χ4v) is 5.83. The van der Waals surface area contributed by atoms with Gasteiger partial charge < -0.3 is 19.8 Å². The molecule has 0 amide bonds. The molecule has 198 valence electrons. The van der Waals surface area contributed by atoms with E-state index in [-0.39, 0.29) is 12.3 Å². The van der Waals surface area contributed by atoms with Crippen LogP contribution in [0, 0.1) is 18.8 Å². The summed E-state index contributed by atoms with van der Waals surface area (Å²) in [5.41, 5.74) is 4.46.